The summed E-state index contributed by atoms with van der Waals surface area (Å²) in [6.07, 6.45) is 0.0980. The monoisotopic (exact) mass is 404 g/mol. The molecule has 4 rings (SSSR count). The van der Waals surface area contributed by atoms with E-state index in [0.29, 0.717) is 13.2 Å². The van der Waals surface area contributed by atoms with Gasteiger partial charge in [-0.15, -0.1) is 0 Å². The van der Waals surface area contributed by atoms with Gasteiger partial charge in [-0.25, -0.2) is 4.39 Å². The molecule has 3 nitrogen and oxygen atoms in total. The molecule has 4 heteroatoms. The second-order valence-corrected chi connectivity index (χ2v) is 7.90. The average molecular weight is 405 g/mol. The fraction of sp³-hybridized carbons (Fsp3) is 0.308. The van der Waals surface area contributed by atoms with Gasteiger partial charge in [0, 0.05) is 31.7 Å². The molecule has 1 heterocycles. The molecule has 0 bridgehead atoms. The lowest BCUT2D eigenvalue weighted by molar-refractivity contribution is 0.124. The first-order chi connectivity index (χ1) is 14.6. The lowest BCUT2D eigenvalue weighted by Gasteiger charge is -2.31. The van der Waals surface area contributed by atoms with Crippen LogP contribution >= 0.6 is 0 Å². The number of benzene rings is 3. The van der Waals surface area contributed by atoms with E-state index in [4.69, 9.17) is 4.74 Å². The topological polar surface area (TPSA) is 15.7 Å². The van der Waals surface area contributed by atoms with Crippen LogP contribution in [-0.4, -0.2) is 29.5 Å². The van der Waals surface area contributed by atoms with Crippen molar-refractivity contribution < 1.29 is 9.13 Å². The van der Waals surface area contributed by atoms with E-state index in [0.717, 1.165) is 30.9 Å². The second-order valence-electron chi connectivity index (χ2n) is 7.90. The van der Waals surface area contributed by atoms with Crippen molar-refractivity contribution in [2.75, 3.05) is 19.7 Å². The van der Waals surface area contributed by atoms with Gasteiger partial charge >= 0.3 is 0 Å². The maximum absolute atomic E-state index is 14.3. The van der Waals surface area contributed by atoms with Crippen LogP contribution in [0, 0.1) is 12.7 Å². The third-order valence-electron chi connectivity index (χ3n) is 5.65. The fourth-order valence-corrected chi connectivity index (χ4v) is 4.28. The smallest absolute Gasteiger partial charge is 0.127 e. The Bertz CT molecular complexity index is 973. The summed E-state index contributed by atoms with van der Waals surface area (Å²) in [5, 5.41) is 0. The zero-order valence-electron chi connectivity index (χ0n) is 17.7. The lowest BCUT2D eigenvalue weighted by Crippen LogP contribution is -2.30. The van der Waals surface area contributed by atoms with Crippen LogP contribution in [0.15, 0.2) is 72.8 Å². The molecule has 1 aliphatic rings. The van der Waals surface area contributed by atoms with Crippen LogP contribution in [0.1, 0.15) is 35.3 Å². The van der Waals surface area contributed by atoms with Gasteiger partial charge in [0.05, 0.1) is 12.8 Å². The Morgan fingerprint density at radius 3 is 2.33 bits per heavy atom. The SMILES string of the molecule is CCOc1ccc(C2N(Cc3cccc(C)c3)CCN2Cc2ccccc2F)cc1. The summed E-state index contributed by atoms with van der Waals surface area (Å²) in [6, 6.07) is 24.1. The van der Waals surface area contributed by atoms with Crippen molar-refractivity contribution >= 4 is 0 Å². The highest BCUT2D eigenvalue weighted by atomic mass is 19.1. The minimum Gasteiger partial charge on any atom is -0.494 e. The summed E-state index contributed by atoms with van der Waals surface area (Å²) in [4.78, 5) is 4.84. The van der Waals surface area contributed by atoms with E-state index in [1.165, 1.54) is 16.7 Å². The number of aryl methyl sites for hydroxylation is 1. The summed E-state index contributed by atoms with van der Waals surface area (Å²) in [5.41, 5.74) is 4.52. The predicted molar refractivity (Wildman–Crippen MR) is 119 cm³/mol. The molecule has 1 aliphatic heterocycles. The average Bonchev–Trinajstić information content (AvgIpc) is 3.12. The maximum Gasteiger partial charge on any atom is 0.127 e. The van der Waals surface area contributed by atoms with Gasteiger partial charge in [-0.05, 0) is 43.2 Å². The summed E-state index contributed by atoms with van der Waals surface area (Å²) in [7, 11) is 0. The van der Waals surface area contributed by atoms with Crippen molar-refractivity contribution in [3.8, 4) is 5.75 Å². The van der Waals surface area contributed by atoms with E-state index < -0.39 is 0 Å². The van der Waals surface area contributed by atoms with Crippen LogP contribution in [0.4, 0.5) is 4.39 Å². The molecule has 3 aromatic carbocycles. The minimum atomic E-state index is -0.139. The van der Waals surface area contributed by atoms with Crippen LogP contribution in [-0.2, 0) is 13.1 Å². The second kappa shape index (κ2) is 9.41. The number of nitrogens with zero attached hydrogens (tertiary/aromatic N) is 2. The number of halogens is 1. The van der Waals surface area contributed by atoms with E-state index in [2.05, 4.69) is 53.1 Å². The molecule has 1 saturated heterocycles. The molecule has 156 valence electrons. The minimum absolute atomic E-state index is 0.0980. The first kappa shape index (κ1) is 20.6. The predicted octanol–water partition coefficient (Wildman–Crippen LogP) is 5.55. The number of hydrogen-bond acceptors (Lipinski definition) is 3. The largest absolute Gasteiger partial charge is 0.494 e. The van der Waals surface area contributed by atoms with Crippen molar-refractivity contribution in [1.82, 2.24) is 9.80 Å². The van der Waals surface area contributed by atoms with Crippen LogP contribution in [0.5, 0.6) is 5.75 Å². The Morgan fingerprint density at radius 1 is 0.900 bits per heavy atom. The molecule has 0 radical (unpaired) electrons. The Labute approximate surface area is 178 Å². The van der Waals surface area contributed by atoms with E-state index >= 15 is 0 Å². The standard InChI is InChI=1S/C26H29FN2O/c1-3-30-24-13-11-22(12-14-24)26-28(18-21-8-6-7-20(2)17-21)15-16-29(26)19-23-9-4-5-10-25(23)27/h4-14,17,26H,3,15-16,18-19H2,1-2H3. The lowest BCUT2D eigenvalue weighted by atomic mass is 10.1. The summed E-state index contributed by atoms with van der Waals surface area (Å²) in [5.74, 6) is 0.741. The third kappa shape index (κ3) is 4.72. The van der Waals surface area contributed by atoms with Gasteiger partial charge in [-0.2, -0.15) is 0 Å². The zero-order valence-corrected chi connectivity index (χ0v) is 17.7. The molecule has 0 aliphatic carbocycles. The van der Waals surface area contributed by atoms with E-state index in [1.54, 1.807) is 12.1 Å². The van der Waals surface area contributed by atoms with Crippen LogP contribution < -0.4 is 4.74 Å². The number of ether oxygens (including phenoxy) is 1. The van der Waals surface area contributed by atoms with E-state index in [9.17, 15) is 4.39 Å². The van der Waals surface area contributed by atoms with Gasteiger partial charge in [0.1, 0.15) is 11.6 Å². The summed E-state index contributed by atoms with van der Waals surface area (Å²) < 4.78 is 20.0. The Morgan fingerprint density at radius 2 is 1.63 bits per heavy atom. The molecule has 1 fully saturated rings. The Hall–Kier alpha value is -2.69. The van der Waals surface area contributed by atoms with Crippen LogP contribution in [0.3, 0.4) is 0 Å². The molecule has 0 aromatic heterocycles. The van der Waals surface area contributed by atoms with Gasteiger partial charge in [0.2, 0.25) is 0 Å². The molecule has 1 unspecified atom stereocenters. The van der Waals surface area contributed by atoms with Crippen LogP contribution in [0.25, 0.3) is 0 Å². The third-order valence-corrected chi connectivity index (χ3v) is 5.65. The highest BCUT2D eigenvalue weighted by Crippen LogP contribution is 2.34. The van der Waals surface area contributed by atoms with Crippen molar-refractivity contribution in [3.63, 3.8) is 0 Å². The zero-order chi connectivity index (χ0) is 20.9. The van der Waals surface area contributed by atoms with Gasteiger partial charge in [0.15, 0.2) is 0 Å². The first-order valence-electron chi connectivity index (χ1n) is 10.6. The van der Waals surface area contributed by atoms with Gasteiger partial charge in [0.25, 0.3) is 0 Å². The van der Waals surface area contributed by atoms with E-state index in [1.807, 2.05) is 31.2 Å². The van der Waals surface area contributed by atoms with Gasteiger partial charge in [-0.3, -0.25) is 9.80 Å². The number of hydrogen-bond donors (Lipinski definition) is 0. The van der Waals surface area contributed by atoms with Crippen molar-refractivity contribution in [2.24, 2.45) is 0 Å². The fourth-order valence-electron chi connectivity index (χ4n) is 4.28. The van der Waals surface area contributed by atoms with Gasteiger partial charge < -0.3 is 4.74 Å². The molecule has 0 saturated carbocycles. The summed E-state index contributed by atoms with van der Waals surface area (Å²) in [6.45, 7) is 8.08. The van der Waals surface area contributed by atoms with Crippen molar-refractivity contribution in [1.29, 1.82) is 0 Å². The molecule has 3 aromatic rings. The highest BCUT2D eigenvalue weighted by Gasteiger charge is 2.33. The molecule has 30 heavy (non-hydrogen) atoms. The molecular formula is C26H29FN2O. The number of rotatable bonds is 7. The van der Waals surface area contributed by atoms with E-state index in [-0.39, 0.29) is 12.0 Å². The van der Waals surface area contributed by atoms with Gasteiger partial charge in [-0.1, -0.05) is 60.2 Å². The first-order valence-corrected chi connectivity index (χ1v) is 10.6. The quantitative estimate of drug-likeness (QED) is 0.513. The molecular weight excluding hydrogens is 375 g/mol. The van der Waals surface area contributed by atoms with Crippen molar-refractivity contribution in [3.05, 3.63) is 101 Å². The molecule has 0 N–H and O–H groups in total. The normalized spacial score (nSPS) is 17.4. The maximum atomic E-state index is 14.3. The molecule has 1 atom stereocenters. The van der Waals surface area contributed by atoms with Crippen molar-refractivity contribution in [2.45, 2.75) is 33.1 Å². The van der Waals surface area contributed by atoms with Crippen LogP contribution in [0.2, 0.25) is 0 Å². The Kier molecular flexibility index (Phi) is 6.46. The highest BCUT2D eigenvalue weighted by molar-refractivity contribution is 5.30. The molecule has 0 spiro atoms. The summed E-state index contributed by atoms with van der Waals surface area (Å²) >= 11 is 0. The Balaban J connectivity index is 1.61. The molecule has 0 amide bonds.